The summed E-state index contributed by atoms with van der Waals surface area (Å²) in [4.78, 5) is 9.75. The van der Waals surface area contributed by atoms with Crippen molar-refractivity contribution >= 4 is 5.97 Å². The van der Waals surface area contributed by atoms with E-state index in [0.717, 1.165) is 6.26 Å². The van der Waals surface area contributed by atoms with Gasteiger partial charge in [-0.1, -0.05) is 38.7 Å². The second kappa shape index (κ2) is 8.31. The molecule has 0 aromatic rings. The highest BCUT2D eigenvalue weighted by atomic mass is 16.5. The van der Waals surface area contributed by atoms with E-state index >= 15 is 0 Å². The number of carbonyl (C=O) groups is 1. The van der Waals surface area contributed by atoms with Crippen molar-refractivity contribution in [3.05, 3.63) is 19.3 Å². The van der Waals surface area contributed by atoms with Crippen molar-refractivity contribution in [2.24, 2.45) is 0 Å². The lowest BCUT2D eigenvalue weighted by Gasteiger charge is -2.05. The van der Waals surface area contributed by atoms with Crippen molar-refractivity contribution < 1.29 is 9.53 Å². The van der Waals surface area contributed by atoms with Gasteiger partial charge >= 0.3 is 5.97 Å². The van der Waals surface area contributed by atoms with Gasteiger partial charge in [-0.15, -0.1) is 0 Å². The lowest BCUT2D eigenvalue weighted by Crippen LogP contribution is -1.87. The van der Waals surface area contributed by atoms with Crippen LogP contribution in [0.1, 0.15) is 39.0 Å². The molecule has 0 unspecified atom stereocenters. The van der Waals surface area contributed by atoms with E-state index in [0.29, 0.717) is 0 Å². The van der Waals surface area contributed by atoms with Gasteiger partial charge in [0.15, 0.2) is 0 Å². The van der Waals surface area contributed by atoms with Crippen LogP contribution in [0.4, 0.5) is 0 Å². The smallest absolute Gasteiger partial charge is 0.307 e. The summed E-state index contributed by atoms with van der Waals surface area (Å²) in [6.07, 6.45) is 10.6. The third-order valence-corrected chi connectivity index (χ3v) is 1.57. The average Bonchev–Trinajstić information content (AvgIpc) is 2.08. The highest BCUT2D eigenvalue weighted by molar-refractivity contribution is 5.66. The highest BCUT2D eigenvalue weighted by Crippen LogP contribution is 2.14. The van der Waals surface area contributed by atoms with Crippen molar-refractivity contribution in [1.82, 2.24) is 0 Å². The maximum absolute atomic E-state index is 9.75. The maximum atomic E-state index is 9.75. The molecule has 0 N–H and O–H groups in total. The van der Waals surface area contributed by atoms with Gasteiger partial charge in [-0.05, 0) is 6.42 Å². The van der Waals surface area contributed by atoms with Crippen molar-refractivity contribution in [2.75, 3.05) is 0 Å². The van der Waals surface area contributed by atoms with Gasteiger partial charge in [0.1, 0.15) is 0 Å². The lowest BCUT2D eigenvalue weighted by molar-refractivity contribution is -0.135. The molecule has 0 aliphatic heterocycles. The van der Waals surface area contributed by atoms with E-state index in [2.05, 4.69) is 17.7 Å². The number of ether oxygens (including phenoxy) is 1. The number of hydrogen-bond acceptors (Lipinski definition) is 2. The second-order valence-corrected chi connectivity index (χ2v) is 2.70. The SMILES string of the molecule is C=COC(C)=O.[CH]1CCCCC1. The van der Waals surface area contributed by atoms with E-state index in [1.165, 1.54) is 39.0 Å². The van der Waals surface area contributed by atoms with E-state index in [1.807, 2.05) is 0 Å². The van der Waals surface area contributed by atoms with Crippen molar-refractivity contribution in [3.63, 3.8) is 0 Å². The van der Waals surface area contributed by atoms with E-state index in [4.69, 9.17) is 0 Å². The van der Waals surface area contributed by atoms with Gasteiger partial charge in [0.25, 0.3) is 0 Å². The minimum absolute atomic E-state index is 0.329. The first-order valence-electron chi connectivity index (χ1n) is 4.37. The van der Waals surface area contributed by atoms with Gasteiger partial charge in [-0.25, -0.2) is 0 Å². The summed E-state index contributed by atoms with van der Waals surface area (Å²) >= 11 is 0. The van der Waals surface area contributed by atoms with Crippen LogP contribution in [0.5, 0.6) is 0 Å². The Morgan fingerprint density at radius 1 is 1.42 bits per heavy atom. The largest absolute Gasteiger partial charge is 0.435 e. The number of carbonyl (C=O) groups excluding carboxylic acids is 1. The van der Waals surface area contributed by atoms with Crippen molar-refractivity contribution in [2.45, 2.75) is 39.0 Å². The third-order valence-electron chi connectivity index (χ3n) is 1.57. The van der Waals surface area contributed by atoms with E-state index in [1.54, 1.807) is 0 Å². The Labute approximate surface area is 74.6 Å². The predicted molar refractivity (Wildman–Crippen MR) is 49.3 cm³/mol. The molecule has 1 rings (SSSR count). The normalized spacial score (nSPS) is 15.4. The molecule has 0 heterocycles. The Balaban J connectivity index is 0.000000202. The quantitative estimate of drug-likeness (QED) is 0.445. The van der Waals surface area contributed by atoms with Crippen LogP contribution in [0.3, 0.4) is 0 Å². The third kappa shape index (κ3) is 9.21. The second-order valence-electron chi connectivity index (χ2n) is 2.70. The van der Waals surface area contributed by atoms with E-state index < -0.39 is 0 Å². The molecule has 0 saturated heterocycles. The molecule has 0 aromatic heterocycles. The molecule has 1 aliphatic carbocycles. The monoisotopic (exact) mass is 169 g/mol. The summed E-state index contributed by atoms with van der Waals surface area (Å²) in [5, 5.41) is 0. The maximum Gasteiger partial charge on any atom is 0.307 e. The summed E-state index contributed by atoms with van der Waals surface area (Å²) in [5.41, 5.74) is 0. The fourth-order valence-corrected chi connectivity index (χ4v) is 1.02. The zero-order valence-corrected chi connectivity index (χ0v) is 7.71. The molecule has 0 aromatic carbocycles. The standard InChI is InChI=1S/C6H11.C4H6O2/c1-2-4-6-5-3-1;1-3-6-4(2)5/h1H,2-6H2;3H,1H2,2H3. The topological polar surface area (TPSA) is 26.3 Å². The zero-order chi connectivity index (χ0) is 9.23. The molecular formula is C10H17O2. The summed E-state index contributed by atoms with van der Waals surface area (Å²) in [6, 6.07) is 0. The molecule has 0 amide bonds. The van der Waals surface area contributed by atoms with Gasteiger partial charge in [0.2, 0.25) is 0 Å². The fraction of sp³-hybridized carbons (Fsp3) is 0.600. The highest BCUT2D eigenvalue weighted by Gasteiger charge is 1.95. The molecule has 1 saturated carbocycles. The zero-order valence-electron chi connectivity index (χ0n) is 7.71. The van der Waals surface area contributed by atoms with Crippen LogP contribution < -0.4 is 0 Å². The molecule has 0 spiro atoms. The summed E-state index contributed by atoms with van der Waals surface area (Å²) in [7, 11) is 0. The van der Waals surface area contributed by atoms with Gasteiger partial charge in [0.05, 0.1) is 6.26 Å². The Kier molecular flexibility index (Phi) is 7.76. The Bertz CT molecular complexity index is 114. The predicted octanol–water partition coefficient (Wildman–Crippen LogP) is 2.85. The molecular weight excluding hydrogens is 152 g/mol. The molecule has 69 valence electrons. The number of esters is 1. The van der Waals surface area contributed by atoms with Crippen LogP contribution in [0.2, 0.25) is 0 Å². The van der Waals surface area contributed by atoms with Crippen LogP contribution in [0, 0.1) is 6.42 Å². The van der Waals surface area contributed by atoms with Gasteiger partial charge in [-0.3, -0.25) is 4.79 Å². The van der Waals surface area contributed by atoms with Crippen molar-refractivity contribution in [3.8, 4) is 0 Å². The van der Waals surface area contributed by atoms with Crippen molar-refractivity contribution in [1.29, 1.82) is 0 Å². The minimum Gasteiger partial charge on any atom is -0.435 e. The molecule has 1 aliphatic rings. The molecule has 0 bridgehead atoms. The van der Waals surface area contributed by atoms with Crippen LogP contribution >= 0.6 is 0 Å². The number of rotatable bonds is 1. The first kappa shape index (κ1) is 11.2. The molecule has 2 nitrogen and oxygen atoms in total. The van der Waals surface area contributed by atoms with Crippen LogP contribution in [0.15, 0.2) is 12.8 Å². The lowest BCUT2D eigenvalue weighted by atomic mass is 10.0. The molecule has 0 atom stereocenters. The van der Waals surface area contributed by atoms with Crippen LogP contribution in [-0.2, 0) is 9.53 Å². The Morgan fingerprint density at radius 2 is 2.00 bits per heavy atom. The summed E-state index contributed by atoms with van der Waals surface area (Å²) in [5.74, 6) is -0.329. The molecule has 2 heteroatoms. The molecule has 1 fully saturated rings. The van der Waals surface area contributed by atoms with Crippen LogP contribution in [0.25, 0.3) is 0 Å². The van der Waals surface area contributed by atoms with E-state index in [-0.39, 0.29) is 5.97 Å². The number of hydrogen-bond donors (Lipinski definition) is 0. The molecule has 12 heavy (non-hydrogen) atoms. The molecule has 1 radical (unpaired) electrons. The van der Waals surface area contributed by atoms with Gasteiger partial charge in [0, 0.05) is 6.92 Å². The Morgan fingerprint density at radius 3 is 2.08 bits per heavy atom. The summed E-state index contributed by atoms with van der Waals surface area (Å²) < 4.78 is 4.17. The van der Waals surface area contributed by atoms with Gasteiger partial charge < -0.3 is 4.74 Å². The van der Waals surface area contributed by atoms with E-state index in [9.17, 15) is 4.79 Å². The van der Waals surface area contributed by atoms with Gasteiger partial charge in [-0.2, -0.15) is 0 Å². The minimum atomic E-state index is -0.329. The first-order chi connectivity index (χ1) is 5.77. The Hall–Kier alpha value is -0.790. The average molecular weight is 169 g/mol. The first-order valence-corrected chi connectivity index (χ1v) is 4.37. The fourth-order valence-electron chi connectivity index (χ4n) is 1.02. The summed E-state index contributed by atoms with van der Waals surface area (Å²) in [6.45, 7) is 4.48. The van der Waals surface area contributed by atoms with Crippen LogP contribution in [-0.4, -0.2) is 5.97 Å².